The van der Waals surface area contributed by atoms with Crippen LogP contribution in [0.1, 0.15) is 19.3 Å². The first-order valence-electron chi connectivity index (χ1n) is 6.56. The molecule has 1 aliphatic rings. The van der Waals surface area contributed by atoms with Gasteiger partial charge in [0.1, 0.15) is 5.75 Å². The Kier molecular flexibility index (Phi) is 3.15. The van der Waals surface area contributed by atoms with Crippen LogP contribution in [-0.2, 0) is 0 Å². The van der Waals surface area contributed by atoms with Crippen LogP contribution in [0.15, 0.2) is 36.5 Å². The van der Waals surface area contributed by atoms with Crippen LogP contribution in [0.2, 0.25) is 0 Å². The summed E-state index contributed by atoms with van der Waals surface area (Å²) in [6.45, 7) is 0.779. The van der Waals surface area contributed by atoms with E-state index in [0.717, 1.165) is 36.0 Å². The van der Waals surface area contributed by atoms with E-state index in [1.807, 2.05) is 24.4 Å². The zero-order valence-corrected chi connectivity index (χ0v) is 10.4. The predicted octanol–water partition coefficient (Wildman–Crippen LogP) is 2.74. The van der Waals surface area contributed by atoms with E-state index in [0.29, 0.717) is 12.0 Å². The van der Waals surface area contributed by atoms with Crippen LogP contribution in [0.4, 0.5) is 0 Å². The molecule has 0 saturated heterocycles. The Morgan fingerprint density at radius 1 is 1.28 bits per heavy atom. The lowest BCUT2D eigenvalue weighted by atomic mass is 10.1. The molecule has 0 aliphatic heterocycles. The Hall–Kier alpha value is -1.61. The number of nitrogens with two attached hydrogens (primary N) is 1. The summed E-state index contributed by atoms with van der Waals surface area (Å²) in [6.07, 6.45) is 5.53. The van der Waals surface area contributed by atoms with E-state index >= 15 is 0 Å². The highest BCUT2D eigenvalue weighted by Crippen LogP contribution is 2.29. The Labute approximate surface area is 107 Å². The van der Waals surface area contributed by atoms with Gasteiger partial charge in [0.2, 0.25) is 0 Å². The topological polar surface area (TPSA) is 48.1 Å². The Balaban J connectivity index is 1.75. The lowest BCUT2D eigenvalue weighted by molar-refractivity contribution is 0.205. The summed E-state index contributed by atoms with van der Waals surface area (Å²) >= 11 is 0. The summed E-state index contributed by atoms with van der Waals surface area (Å²) in [5.41, 5.74) is 6.71. The SMILES string of the molecule is NCC1CCC(Oc2ccc3ncccc3c2)C1. The average molecular weight is 242 g/mol. The zero-order valence-electron chi connectivity index (χ0n) is 10.4. The van der Waals surface area contributed by atoms with E-state index in [1.165, 1.54) is 6.42 Å². The summed E-state index contributed by atoms with van der Waals surface area (Å²) in [4.78, 5) is 4.31. The van der Waals surface area contributed by atoms with E-state index in [-0.39, 0.29) is 0 Å². The first-order valence-corrected chi connectivity index (χ1v) is 6.56. The number of hydrogen-bond donors (Lipinski definition) is 1. The molecule has 1 saturated carbocycles. The third-order valence-corrected chi connectivity index (χ3v) is 3.70. The lowest BCUT2D eigenvalue weighted by Crippen LogP contribution is -2.15. The molecule has 0 spiro atoms. The number of ether oxygens (including phenoxy) is 1. The monoisotopic (exact) mass is 242 g/mol. The van der Waals surface area contributed by atoms with Gasteiger partial charge in [0, 0.05) is 11.6 Å². The first kappa shape index (κ1) is 11.5. The number of nitrogens with zero attached hydrogens (tertiary/aromatic N) is 1. The molecule has 2 unspecified atom stereocenters. The number of aromatic nitrogens is 1. The molecule has 1 heterocycles. The molecule has 0 bridgehead atoms. The fourth-order valence-corrected chi connectivity index (χ4v) is 2.67. The quantitative estimate of drug-likeness (QED) is 0.900. The molecule has 3 heteroatoms. The molecular weight excluding hydrogens is 224 g/mol. The average Bonchev–Trinajstić information content (AvgIpc) is 2.86. The molecule has 94 valence electrons. The van der Waals surface area contributed by atoms with Crippen LogP contribution in [0.5, 0.6) is 5.75 Å². The molecule has 2 atom stereocenters. The molecule has 1 aromatic heterocycles. The van der Waals surface area contributed by atoms with Crippen molar-refractivity contribution in [2.45, 2.75) is 25.4 Å². The fourth-order valence-electron chi connectivity index (χ4n) is 2.67. The van der Waals surface area contributed by atoms with Crippen LogP contribution >= 0.6 is 0 Å². The van der Waals surface area contributed by atoms with Crippen LogP contribution < -0.4 is 10.5 Å². The van der Waals surface area contributed by atoms with Gasteiger partial charge >= 0.3 is 0 Å². The standard InChI is InChI=1S/C15H18N2O/c16-10-11-3-4-13(8-11)18-14-5-6-15-12(9-14)2-1-7-17-15/h1-2,5-7,9,11,13H,3-4,8,10,16H2. The maximum Gasteiger partial charge on any atom is 0.120 e. The van der Waals surface area contributed by atoms with Crippen molar-refractivity contribution in [2.24, 2.45) is 11.7 Å². The molecule has 1 aliphatic carbocycles. The molecule has 1 fully saturated rings. The van der Waals surface area contributed by atoms with Crippen molar-refractivity contribution >= 4 is 10.9 Å². The van der Waals surface area contributed by atoms with Gasteiger partial charge in [-0.05, 0) is 56.0 Å². The maximum absolute atomic E-state index is 6.03. The summed E-state index contributed by atoms with van der Waals surface area (Å²) in [5, 5.41) is 1.13. The van der Waals surface area contributed by atoms with Crippen LogP contribution in [-0.4, -0.2) is 17.6 Å². The highest BCUT2D eigenvalue weighted by atomic mass is 16.5. The van der Waals surface area contributed by atoms with Crippen molar-refractivity contribution in [1.29, 1.82) is 0 Å². The van der Waals surface area contributed by atoms with Crippen molar-refractivity contribution in [1.82, 2.24) is 4.98 Å². The molecule has 3 nitrogen and oxygen atoms in total. The van der Waals surface area contributed by atoms with Gasteiger partial charge in [-0.25, -0.2) is 0 Å². The maximum atomic E-state index is 6.03. The molecule has 1 aromatic carbocycles. The van der Waals surface area contributed by atoms with Crippen LogP contribution in [0.25, 0.3) is 10.9 Å². The second-order valence-electron chi connectivity index (χ2n) is 5.01. The fraction of sp³-hybridized carbons (Fsp3) is 0.400. The van der Waals surface area contributed by atoms with Gasteiger partial charge in [0.15, 0.2) is 0 Å². The normalized spacial score (nSPS) is 23.4. The third kappa shape index (κ3) is 2.31. The molecule has 18 heavy (non-hydrogen) atoms. The number of pyridine rings is 1. The second-order valence-corrected chi connectivity index (χ2v) is 5.01. The van der Waals surface area contributed by atoms with E-state index < -0.39 is 0 Å². The molecule has 2 aromatic rings. The van der Waals surface area contributed by atoms with E-state index in [4.69, 9.17) is 10.5 Å². The minimum atomic E-state index is 0.327. The minimum Gasteiger partial charge on any atom is -0.490 e. The van der Waals surface area contributed by atoms with Gasteiger partial charge in [-0.2, -0.15) is 0 Å². The highest BCUT2D eigenvalue weighted by molar-refractivity contribution is 5.79. The third-order valence-electron chi connectivity index (χ3n) is 3.70. The van der Waals surface area contributed by atoms with Gasteiger partial charge in [0.05, 0.1) is 11.6 Å². The van der Waals surface area contributed by atoms with Crippen molar-refractivity contribution in [3.8, 4) is 5.75 Å². The smallest absolute Gasteiger partial charge is 0.120 e. The second kappa shape index (κ2) is 4.94. The first-order chi connectivity index (χ1) is 8.85. The number of fused-ring (bicyclic) bond motifs is 1. The van der Waals surface area contributed by atoms with Gasteiger partial charge in [-0.1, -0.05) is 6.07 Å². The molecular formula is C15H18N2O. The van der Waals surface area contributed by atoms with Gasteiger partial charge in [-0.15, -0.1) is 0 Å². The van der Waals surface area contributed by atoms with E-state index in [2.05, 4.69) is 17.1 Å². The van der Waals surface area contributed by atoms with Gasteiger partial charge in [-0.3, -0.25) is 4.98 Å². The van der Waals surface area contributed by atoms with Crippen molar-refractivity contribution < 1.29 is 4.74 Å². The number of benzene rings is 1. The summed E-state index contributed by atoms with van der Waals surface area (Å²) in [7, 11) is 0. The summed E-state index contributed by atoms with van der Waals surface area (Å²) in [6, 6.07) is 10.1. The summed E-state index contributed by atoms with van der Waals surface area (Å²) < 4.78 is 6.03. The molecule has 0 radical (unpaired) electrons. The molecule has 2 N–H and O–H groups in total. The minimum absolute atomic E-state index is 0.327. The van der Waals surface area contributed by atoms with E-state index in [9.17, 15) is 0 Å². The Morgan fingerprint density at radius 3 is 3.06 bits per heavy atom. The Bertz CT molecular complexity index is 541. The van der Waals surface area contributed by atoms with Crippen molar-refractivity contribution in [2.75, 3.05) is 6.54 Å². The largest absolute Gasteiger partial charge is 0.490 e. The molecule has 3 rings (SSSR count). The van der Waals surface area contributed by atoms with Crippen LogP contribution in [0.3, 0.4) is 0 Å². The van der Waals surface area contributed by atoms with Crippen molar-refractivity contribution in [3.63, 3.8) is 0 Å². The van der Waals surface area contributed by atoms with E-state index in [1.54, 1.807) is 0 Å². The highest BCUT2D eigenvalue weighted by Gasteiger charge is 2.24. The number of rotatable bonds is 3. The lowest BCUT2D eigenvalue weighted by Gasteiger charge is -2.14. The van der Waals surface area contributed by atoms with Crippen LogP contribution in [0, 0.1) is 5.92 Å². The predicted molar refractivity (Wildman–Crippen MR) is 72.6 cm³/mol. The molecule has 0 amide bonds. The van der Waals surface area contributed by atoms with Crippen molar-refractivity contribution in [3.05, 3.63) is 36.5 Å². The van der Waals surface area contributed by atoms with Gasteiger partial charge < -0.3 is 10.5 Å². The zero-order chi connectivity index (χ0) is 12.4. The number of hydrogen-bond acceptors (Lipinski definition) is 3. The van der Waals surface area contributed by atoms with Gasteiger partial charge in [0.25, 0.3) is 0 Å². The summed E-state index contributed by atoms with van der Waals surface area (Å²) in [5.74, 6) is 1.58. The Morgan fingerprint density at radius 2 is 2.22 bits per heavy atom.